The van der Waals surface area contributed by atoms with Crippen molar-refractivity contribution in [1.82, 2.24) is 0 Å². The van der Waals surface area contributed by atoms with E-state index in [2.05, 4.69) is 4.99 Å². The molecule has 0 spiro atoms. The van der Waals surface area contributed by atoms with Crippen molar-refractivity contribution in [1.29, 1.82) is 0 Å². The predicted molar refractivity (Wildman–Crippen MR) is 61.1 cm³/mol. The van der Waals surface area contributed by atoms with Crippen LogP contribution in [0.4, 0.5) is 0 Å². The first-order chi connectivity index (χ1) is 7.34. The van der Waals surface area contributed by atoms with Gasteiger partial charge in [0.05, 0.1) is 32.2 Å². The SMILES string of the molecule is COCCOCCN=C(N)C1CCCC1. The molecule has 88 valence electrons. The van der Waals surface area contributed by atoms with Gasteiger partial charge in [-0.15, -0.1) is 0 Å². The third-order valence-corrected chi connectivity index (χ3v) is 2.74. The van der Waals surface area contributed by atoms with Gasteiger partial charge in [-0.3, -0.25) is 4.99 Å². The Morgan fingerprint density at radius 3 is 2.67 bits per heavy atom. The minimum Gasteiger partial charge on any atom is -0.387 e. The maximum atomic E-state index is 5.89. The summed E-state index contributed by atoms with van der Waals surface area (Å²) >= 11 is 0. The fraction of sp³-hybridized carbons (Fsp3) is 0.909. The van der Waals surface area contributed by atoms with Crippen LogP contribution < -0.4 is 5.73 Å². The Morgan fingerprint density at radius 1 is 1.27 bits per heavy atom. The van der Waals surface area contributed by atoms with Crippen LogP contribution in [0.25, 0.3) is 0 Å². The Bertz CT molecular complexity index is 189. The monoisotopic (exact) mass is 214 g/mol. The zero-order valence-corrected chi connectivity index (χ0v) is 9.58. The van der Waals surface area contributed by atoms with Crippen molar-refractivity contribution in [3.8, 4) is 0 Å². The lowest BCUT2D eigenvalue weighted by Crippen LogP contribution is -2.22. The lowest BCUT2D eigenvalue weighted by molar-refractivity contribution is 0.0748. The first kappa shape index (κ1) is 12.5. The standard InChI is InChI=1S/C11H22N2O2/c1-14-8-9-15-7-6-13-11(12)10-4-2-3-5-10/h10H,2-9H2,1H3,(H2,12,13). The van der Waals surface area contributed by atoms with E-state index in [9.17, 15) is 0 Å². The van der Waals surface area contributed by atoms with Crippen LogP contribution in [0.1, 0.15) is 25.7 Å². The van der Waals surface area contributed by atoms with Gasteiger partial charge < -0.3 is 15.2 Å². The number of rotatable bonds is 7. The molecule has 0 aliphatic heterocycles. The zero-order chi connectivity index (χ0) is 10.9. The molecular formula is C11H22N2O2. The summed E-state index contributed by atoms with van der Waals surface area (Å²) < 4.78 is 10.2. The average Bonchev–Trinajstić information content (AvgIpc) is 2.76. The first-order valence-corrected chi connectivity index (χ1v) is 5.71. The minimum atomic E-state index is 0.531. The molecule has 0 radical (unpaired) electrons. The minimum absolute atomic E-state index is 0.531. The normalized spacial score (nSPS) is 18.6. The van der Waals surface area contributed by atoms with Crippen molar-refractivity contribution in [3.05, 3.63) is 0 Å². The Hall–Kier alpha value is -0.610. The van der Waals surface area contributed by atoms with Crippen molar-refractivity contribution in [2.75, 3.05) is 33.5 Å². The molecule has 4 heteroatoms. The van der Waals surface area contributed by atoms with E-state index in [4.69, 9.17) is 15.2 Å². The molecule has 2 N–H and O–H groups in total. The van der Waals surface area contributed by atoms with Gasteiger partial charge in [0, 0.05) is 13.0 Å². The van der Waals surface area contributed by atoms with Crippen molar-refractivity contribution >= 4 is 5.84 Å². The number of ether oxygens (including phenoxy) is 2. The molecular weight excluding hydrogens is 192 g/mol. The smallest absolute Gasteiger partial charge is 0.0969 e. The van der Waals surface area contributed by atoms with Crippen LogP contribution in [-0.4, -0.2) is 39.3 Å². The van der Waals surface area contributed by atoms with Crippen molar-refractivity contribution in [2.24, 2.45) is 16.6 Å². The van der Waals surface area contributed by atoms with E-state index >= 15 is 0 Å². The maximum Gasteiger partial charge on any atom is 0.0969 e. The van der Waals surface area contributed by atoms with Crippen LogP contribution in [-0.2, 0) is 9.47 Å². The molecule has 1 fully saturated rings. The number of methoxy groups -OCH3 is 1. The summed E-state index contributed by atoms with van der Waals surface area (Å²) in [6.45, 7) is 2.58. The number of nitrogens with two attached hydrogens (primary N) is 1. The quantitative estimate of drug-likeness (QED) is 0.393. The number of hydrogen-bond donors (Lipinski definition) is 1. The van der Waals surface area contributed by atoms with Crippen LogP contribution in [0.2, 0.25) is 0 Å². The lowest BCUT2D eigenvalue weighted by Gasteiger charge is -2.08. The Kier molecular flexibility index (Phi) is 6.36. The number of amidine groups is 1. The van der Waals surface area contributed by atoms with Gasteiger partial charge in [0.15, 0.2) is 0 Å². The highest BCUT2D eigenvalue weighted by Gasteiger charge is 2.17. The summed E-state index contributed by atoms with van der Waals surface area (Å²) in [5.74, 6) is 1.35. The summed E-state index contributed by atoms with van der Waals surface area (Å²) in [6.07, 6.45) is 5.01. The molecule has 0 aromatic rings. The molecule has 0 bridgehead atoms. The highest BCUT2D eigenvalue weighted by atomic mass is 16.5. The lowest BCUT2D eigenvalue weighted by atomic mass is 10.1. The molecule has 0 aromatic heterocycles. The maximum absolute atomic E-state index is 5.89. The Balaban J connectivity index is 2.03. The van der Waals surface area contributed by atoms with Gasteiger partial charge in [-0.2, -0.15) is 0 Å². The van der Waals surface area contributed by atoms with E-state index in [0.29, 0.717) is 32.3 Å². The van der Waals surface area contributed by atoms with E-state index in [-0.39, 0.29) is 0 Å². The summed E-state index contributed by atoms with van der Waals surface area (Å²) in [7, 11) is 1.67. The van der Waals surface area contributed by atoms with Gasteiger partial charge in [0.2, 0.25) is 0 Å². The molecule has 0 aromatic carbocycles. The van der Waals surface area contributed by atoms with Crippen LogP contribution in [0, 0.1) is 5.92 Å². The summed E-state index contributed by atoms with van der Waals surface area (Å²) in [6, 6.07) is 0. The van der Waals surface area contributed by atoms with Gasteiger partial charge >= 0.3 is 0 Å². The van der Waals surface area contributed by atoms with Gasteiger partial charge in [0.1, 0.15) is 0 Å². The molecule has 1 aliphatic rings. The molecule has 4 nitrogen and oxygen atoms in total. The van der Waals surface area contributed by atoms with E-state index in [1.807, 2.05) is 0 Å². The summed E-state index contributed by atoms with van der Waals surface area (Å²) in [5, 5.41) is 0. The molecule has 1 aliphatic carbocycles. The van der Waals surface area contributed by atoms with E-state index in [1.165, 1.54) is 25.7 Å². The van der Waals surface area contributed by atoms with Gasteiger partial charge in [0.25, 0.3) is 0 Å². The number of aliphatic imine (C=N–C) groups is 1. The van der Waals surface area contributed by atoms with Crippen molar-refractivity contribution in [3.63, 3.8) is 0 Å². The summed E-state index contributed by atoms with van der Waals surface area (Å²) in [4.78, 5) is 4.33. The van der Waals surface area contributed by atoms with Gasteiger partial charge in [-0.25, -0.2) is 0 Å². The van der Waals surface area contributed by atoms with Crippen LogP contribution in [0.5, 0.6) is 0 Å². The highest BCUT2D eigenvalue weighted by Crippen LogP contribution is 2.24. The molecule has 0 amide bonds. The third-order valence-electron chi connectivity index (χ3n) is 2.74. The van der Waals surface area contributed by atoms with Crippen LogP contribution in [0.3, 0.4) is 0 Å². The van der Waals surface area contributed by atoms with Gasteiger partial charge in [-0.1, -0.05) is 12.8 Å². The van der Waals surface area contributed by atoms with Gasteiger partial charge in [-0.05, 0) is 12.8 Å². The third kappa shape index (κ3) is 5.14. The second-order valence-electron chi connectivity index (χ2n) is 3.89. The topological polar surface area (TPSA) is 56.8 Å². The molecule has 0 saturated heterocycles. The molecule has 0 unspecified atom stereocenters. The predicted octanol–water partition coefficient (Wildman–Crippen LogP) is 1.20. The molecule has 1 rings (SSSR count). The van der Waals surface area contributed by atoms with E-state index < -0.39 is 0 Å². The van der Waals surface area contributed by atoms with Crippen molar-refractivity contribution in [2.45, 2.75) is 25.7 Å². The second-order valence-corrected chi connectivity index (χ2v) is 3.89. The number of hydrogen-bond acceptors (Lipinski definition) is 3. The van der Waals surface area contributed by atoms with Crippen LogP contribution in [0.15, 0.2) is 4.99 Å². The fourth-order valence-corrected chi connectivity index (χ4v) is 1.83. The Morgan fingerprint density at radius 2 is 2.00 bits per heavy atom. The second kappa shape index (κ2) is 7.65. The Labute approximate surface area is 91.8 Å². The van der Waals surface area contributed by atoms with E-state index in [1.54, 1.807) is 7.11 Å². The largest absolute Gasteiger partial charge is 0.387 e. The molecule has 1 saturated carbocycles. The number of nitrogens with zero attached hydrogens (tertiary/aromatic N) is 1. The van der Waals surface area contributed by atoms with Crippen molar-refractivity contribution < 1.29 is 9.47 Å². The zero-order valence-electron chi connectivity index (χ0n) is 9.58. The fourth-order valence-electron chi connectivity index (χ4n) is 1.83. The highest BCUT2D eigenvalue weighted by molar-refractivity contribution is 5.83. The molecule has 15 heavy (non-hydrogen) atoms. The average molecular weight is 214 g/mol. The molecule has 0 heterocycles. The summed E-state index contributed by atoms with van der Waals surface area (Å²) in [5.41, 5.74) is 5.89. The first-order valence-electron chi connectivity index (χ1n) is 5.71. The van der Waals surface area contributed by atoms with E-state index in [0.717, 1.165) is 5.84 Å². The van der Waals surface area contributed by atoms with Crippen LogP contribution >= 0.6 is 0 Å². The molecule has 0 atom stereocenters.